The fourth-order valence-electron chi connectivity index (χ4n) is 2.97. The maximum atomic E-state index is 10.5. The molecule has 6 heteroatoms. The highest BCUT2D eigenvalue weighted by molar-refractivity contribution is 6.01. The average Bonchev–Trinajstić information content (AvgIpc) is 2.77. The topological polar surface area (TPSA) is 115 Å². The van der Waals surface area contributed by atoms with E-state index in [9.17, 15) is 9.59 Å². The van der Waals surface area contributed by atoms with Crippen LogP contribution in [0.3, 0.4) is 0 Å². The van der Waals surface area contributed by atoms with Crippen molar-refractivity contribution in [2.24, 2.45) is 11.8 Å². The molecule has 0 fully saturated rings. The van der Waals surface area contributed by atoms with Gasteiger partial charge in [-0.15, -0.1) is 0 Å². The number of aromatic carboxylic acids is 2. The van der Waals surface area contributed by atoms with Gasteiger partial charge in [-0.25, -0.2) is 9.59 Å². The molecule has 6 nitrogen and oxygen atoms in total. The number of hydrogen-bond donors (Lipinski definition) is 4. The minimum atomic E-state index is -1.23. The summed E-state index contributed by atoms with van der Waals surface area (Å²) in [5, 5.41) is 34.4. The van der Waals surface area contributed by atoms with E-state index in [1.807, 2.05) is 0 Å². The number of carbonyl (C=O) groups is 2. The summed E-state index contributed by atoms with van der Waals surface area (Å²) in [5.41, 5.74) is -0.380. The molecule has 0 saturated carbocycles. The molecule has 0 bridgehead atoms. The highest BCUT2D eigenvalue weighted by Gasteiger charge is 2.13. The van der Waals surface area contributed by atoms with Crippen LogP contribution in [0.1, 0.15) is 113 Å². The fourth-order valence-corrected chi connectivity index (χ4v) is 2.97. The number of aliphatic hydroxyl groups excluding tert-OH is 2. The van der Waals surface area contributed by atoms with Gasteiger partial charge >= 0.3 is 11.9 Å². The van der Waals surface area contributed by atoms with Crippen LogP contribution in [0.4, 0.5) is 0 Å². The SMILES string of the molecule is CC(C)CCCCCCCO.CCCCC(CC)CO.O=C(O)c1ccccc1C(=O)O. The van der Waals surface area contributed by atoms with Crippen molar-refractivity contribution in [3.63, 3.8) is 0 Å². The number of carboxylic acids is 2. The lowest BCUT2D eigenvalue weighted by Crippen LogP contribution is -2.06. The highest BCUT2D eigenvalue weighted by Crippen LogP contribution is 2.11. The number of unbranched alkanes of at least 4 members (excludes halogenated alkanes) is 5. The van der Waals surface area contributed by atoms with Crippen LogP contribution in [0.25, 0.3) is 0 Å². The Morgan fingerprint density at radius 1 is 0.781 bits per heavy atom. The lowest BCUT2D eigenvalue weighted by atomic mass is 10.0. The minimum absolute atomic E-state index is 0.190. The summed E-state index contributed by atoms with van der Waals surface area (Å²) in [6.45, 7) is 9.60. The molecule has 32 heavy (non-hydrogen) atoms. The van der Waals surface area contributed by atoms with Crippen molar-refractivity contribution < 1.29 is 30.0 Å². The molecule has 0 amide bonds. The van der Waals surface area contributed by atoms with Crippen LogP contribution < -0.4 is 0 Å². The van der Waals surface area contributed by atoms with E-state index < -0.39 is 11.9 Å². The third-order valence-corrected chi connectivity index (χ3v) is 5.13. The Morgan fingerprint density at radius 2 is 1.28 bits per heavy atom. The highest BCUT2D eigenvalue weighted by atomic mass is 16.4. The van der Waals surface area contributed by atoms with Gasteiger partial charge in [-0.1, -0.05) is 91.2 Å². The predicted molar refractivity (Wildman–Crippen MR) is 130 cm³/mol. The zero-order valence-corrected chi connectivity index (χ0v) is 20.6. The quantitative estimate of drug-likeness (QED) is 0.247. The molecule has 1 aromatic carbocycles. The van der Waals surface area contributed by atoms with Gasteiger partial charge in [0.1, 0.15) is 0 Å². The predicted octanol–water partition coefficient (Wildman–Crippen LogP) is 6.25. The van der Waals surface area contributed by atoms with Crippen molar-refractivity contribution in [2.75, 3.05) is 13.2 Å². The molecule has 0 aliphatic rings. The van der Waals surface area contributed by atoms with E-state index >= 15 is 0 Å². The summed E-state index contributed by atoms with van der Waals surface area (Å²) in [4.78, 5) is 20.9. The van der Waals surface area contributed by atoms with E-state index in [0.717, 1.165) is 18.8 Å². The van der Waals surface area contributed by atoms with Gasteiger partial charge in [0.2, 0.25) is 0 Å². The Balaban J connectivity index is 0. The number of hydrogen-bond acceptors (Lipinski definition) is 4. The summed E-state index contributed by atoms with van der Waals surface area (Å²) < 4.78 is 0. The Morgan fingerprint density at radius 3 is 1.66 bits per heavy atom. The maximum Gasteiger partial charge on any atom is 0.336 e. The van der Waals surface area contributed by atoms with Gasteiger partial charge < -0.3 is 20.4 Å². The van der Waals surface area contributed by atoms with Gasteiger partial charge in [0.25, 0.3) is 0 Å². The van der Waals surface area contributed by atoms with E-state index in [1.165, 1.54) is 75.6 Å². The van der Waals surface area contributed by atoms with Crippen LogP contribution in [-0.2, 0) is 0 Å². The number of carboxylic acid groups (broad SMARTS) is 2. The van der Waals surface area contributed by atoms with Crippen LogP contribution in [0.2, 0.25) is 0 Å². The molecule has 0 heterocycles. The standard InChI is InChI=1S/C10H22O.C8H6O4.C8H18O/c1-10(2)8-6-4-3-5-7-9-11;9-7(10)5-3-1-2-4-6(5)8(11)12;1-3-5-6-8(4-2)7-9/h10-11H,3-9H2,1-2H3;1-4H,(H,9,10)(H,11,12);8-9H,3-7H2,1-2H3. The summed E-state index contributed by atoms with van der Waals surface area (Å²) >= 11 is 0. The molecular weight excluding hydrogens is 408 g/mol. The second kappa shape index (κ2) is 22.3. The zero-order valence-electron chi connectivity index (χ0n) is 20.6. The Kier molecular flexibility index (Phi) is 22.5. The minimum Gasteiger partial charge on any atom is -0.478 e. The first-order valence-electron chi connectivity index (χ1n) is 12.0. The van der Waals surface area contributed by atoms with Crippen molar-refractivity contribution in [3.05, 3.63) is 35.4 Å². The molecule has 1 atom stereocenters. The lowest BCUT2D eigenvalue weighted by molar-refractivity contribution is 0.0651. The molecule has 0 aliphatic carbocycles. The molecule has 186 valence electrons. The van der Waals surface area contributed by atoms with Gasteiger partial charge in [0.15, 0.2) is 0 Å². The van der Waals surface area contributed by atoms with Gasteiger partial charge in [-0.3, -0.25) is 0 Å². The van der Waals surface area contributed by atoms with Gasteiger partial charge in [-0.05, 0) is 36.8 Å². The van der Waals surface area contributed by atoms with E-state index in [0.29, 0.717) is 19.1 Å². The fraction of sp³-hybridized carbons (Fsp3) is 0.692. The molecule has 1 unspecified atom stereocenters. The van der Waals surface area contributed by atoms with Crippen LogP contribution in [0.15, 0.2) is 24.3 Å². The third-order valence-electron chi connectivity index (χ3n) is 5.13. The van der Waals surface area contributed by atoms with Crippen molar-refractivity contribution in [2.45, 2.75) is 91.9 Å². The van der Waals surface area contributed by atoms with Crippen LogP contribution in [-0.4, -0.2) is 45.6 Å². The zero-order chi connectivity index (χ0) is 24.8. The van der Waals surface area contributed by atoms with Crippen LogP contribution in [0.5, 0.6) is 0 Å². The van der Waals surface area contributed by atoms with Crippen LogP contribution >= 0.6 is 0 Å². The number of rotatable bonds is 14. The maximum absolute atomic E-state index is 10.5. The van der Waals surface area contributed by atoms with Gasteiger partial charge in [0, 0.05) is 13.2 Å². The molecule has 0 aromatic heterocycles. The molecule has 0 radical (unpaired) electrons. The first-order valence-corrected chi connectivity index (χ1v) is 12.0. The smallest absolute Gasteiger partial charge is 0.336 e. The second-order valence-corrected chi connectivity index (χ2v) is 8.43. The van der Waals surface area contributed by atoms with Crippen molar-refractivity contribution in [1.29, 1.82) is 0 Å². The molecule has 0 saturated heterocycles. The second-order valence-electron chi connectivity index (χ2n) is 8.43. The average molecular weight is 455 g/mol. The molecule has 4 N–H and O–H groups in total. The van der Waals surface area contributed by atoms with Crippen molar-refractivity contribution in [3.8, 4) is 0 Å². The normalized spacial score (nSPS) is 11.1. The molecule has 1 aromatic rings. The van der Waals surface area contributed by atoms with Gasteiger partial charge in [0.05, 0.1) is 11.1 Å². The largest absolute Gasteiger partial charge is 0.478 e. The van der Waals surface area contributed by atoms with E-state index in [4.69, 9.17) is 20.4 Å². The summed E-state index contributed by atoms with van der Waals surface area (Å²) in [7, 11) is 0. The van der Waals surface area contributed by atoms with Gasteiger partial charge in [-0.2, -0.15) is 0 Å². The monoisotopic (exact) mass is 454 g/mol. The Labute approximate surface area is 194 Å². The lowest BCUT2D eigenvalue weighted by Gasteiger charge is -2.08. The third kappa shape index (κ3) is 18.8. The Hall–Kier alpha value is -1.92. The van der Waals surface area contributed by atoms with Crippen molar-refractivity contribution in [1.82, 2.24) is 0 Å². The summed E-state index contributed by atoms with van der Waals surface area (Å²) in [6.07, 6.45) is 12.4. The number of benzene rings is 1. The number of aliphatic hydroxyl groups is 2. The molecular formula is C26H46O6. The molecule has 1 rings (SSSR count). The Bertz CT molecular complexity index is 548. The van der Waals surface area contributed by atoms with Crippen LogP contribution in [0, 0.1) is 11.8 Å². The van der Waals surface area contributed by atoms with Crippen molar-refractivity contribution >= 4 is 11.9 Å². The first-order chi connectivity index (χ1) is 15.2. The molecule has 0 spiro atoms. The first kappa shape index (κ1) is 32.3. The van der Waals surface area contributed by atoms with E-state index in [-0.39, 0.29) is 11.1 Å². The summed E-state index contributed by atoms with van der Waals surface area (Å²) in [5.74, 6) is -1.04. The van der Waals surface area contributed by atoms with E-state index in [2.05, 4.69) is 27.7 Å². The van der Waals surface area contributed by atoms with E-state index in [1.54, 1.807) is 0 Å². The molecule has 0 aliphatic heterocycles. The summed E-state index contributed by atoms with van der Waals surface area (Å²) in [6, 6.07) is 5.48.